The number of nitrogens with zero attached hydrogens (tertiary/aromatic N) is 6. The molecule has 4 rings (SSSR count). The zero-order valence-corrected chi connectivity index (χ0v) is 19.8. The summed E-state index contributed by atoms with van der Waals surface area (Å²) in [4.78, 5) is 7.23. The fraction of sp³-hybridized carbons (Fsp3) is 0.560. The Morgan fingerprint density at radius 2 is 1.81 bits per heavy atom. The van der Waals surface area contributed by atoms with Crippen LogP contribution in [0.15, 0.2) is 47.8 Å². The summed E-state index contributed by atoms with van der Waals surface area (Å²) >= 11 is 0. The average Bonchev–Trinajstić information content (AvgIpc) is 3.43. The summed E-state index contributed by atoms with van der Waals surface area (Å²) in [6.45, 7) is 7.77. The monoisotopic (exact) mass is 436 g/mol. The number of aromatic nitrogens is 4. The largest absolute Gasteiger partial charge is 0.396 e. The van der Waals surface area contributed by atoms with Crippen LogP contribution in [0.1, 0.15) is 70.0 Å². The van der Waals surface area contributed by atoms with Crippen LogP contribution >= 0.6 is 0 Å². The normalized spacial score (nSPS) is 22.3. The molecule has 1 N–H and O–H groups in total. The highest BCUT2D eigenvalue weighted by Crippen LogP contribution is 2.34. The number of hydrogen-bond donors (Lipinski definition) is 1. The lowest BCUT2D eigenvalue weighted by Gasteiger charge is -2.33. The van der Waals surface area contributed by atoms with Gasteiger partial charge in [0.25, 0.3) is 0 Å². The third-order valence-corrected chi connectivity index (χ3v) is 6.73. The van der Waals surface area contributed by atoms with E-state index in [1.807, 2.05) is 17.1 Å². The minimum atomic E-state index is 0.305. The Morgan fingerprint density at radius 3 is 2.50 bits per heavy atom. The third-order valence-electron chi connectivity index (χ3n) is 6.73. The second-order valence-corrected chi connectivity index (χ2v) is 9.10. The number of aliphatic hydroxyl groups excluding tert-OH is 1. The van der Waals surface area contributed by atoms with Crippen molar-refractivity contribution in [3.8, 4) is 0 Å². The van der Waals surface area contributed by atoms with E-state index in [1.54, 1.807) is 0 Å². The van der Waals surface area contributed by atoms with Gasteiger partial charge in [-0.2, -0.15) is 10.2 Å². The summed E-state index contributed by atoms with van der Waals surface area (Å²) in [5.41, 5.74) is 5.05. The molecule has 0 aromatic carbocycles. The van der Waals surface area contributed by atoms with Crippen molar-refractivity contribution in [2.45, 2.75) is 65.5 Å². The van der Waals surface area contributed by atoms with Crippen molar-refractivity contribution in [2.24, 2.45) is 16.8 Å². The highest BCUT2D eigenvalue weighted by molar-refractivity contribution is 6.15. The number of aliphatic hydroxyl groups is 1. The van der Waals surface area contributed by atoms with Gasteiger partial charge in [-0.05, 0) is 43.9 Å². The first kappa shape index (κ1) is 22.5. The van der Waals surface area contributed by atoms with Crippen molar-refractivity contribution in [2.75, 3.05) is 13.7 Å². The average molecular weight is 437 g/mol. The quantitative estimate of drug-likeness (QED) is 0.629. The fourth-order valence-corrected chi connectivity index (χ4v) is 4.77. The summed E-state index contributed by atoms with van der Waals surface area (Å²) in [5, 5.41) is 18.5. The Balaban J connectivity index is 1.59. The summed E-state index contributed by atoms with van der Waals surface area (Å²) in [6, 6.07) is 0.412. The molecule has 2 aromatic heterocycles. The molecule has 0 saturated heterocycles. The lowest BCUT2D eigenvalue weighted by Crippen LogP contribution is -2.29. The standard InChI is InChI=1S/C25H36N6O/c1-5-8-24-25(21-12-27-31(15-21)22(6-2)7-3)28-23(16-29(24)4)20-11-26-30(14-20)13-18-9-19(10-18)17-32/h8,11-12,14-16,18-19,22,32H,5-7,9-10,13,17H2,1-4H3/b24-8-. The van der Waals surface area contributed by atoms with E-state index in [9.17, 15) is 5.11 Å². The number of rotatable bonds is 9. The first-order chi connectivity index (χ1) is 15.6. The van der Waals surface area contributed by atoms with Gasteiger partial charge in [0.15, 0.2) is 0 Å². The molecule has 3 heterocycles. The number of allylic oxidation sites excluding steroid dienone is 2. The van der Waals surface area contributed by atoms with E-state index in [1.165, 1.54) is 0 Å². The van der Waals surface area contributed by atoms with E-state index < -0.39 is 0 Å². The molecule has 0 amide bonds. The van der Waals surface area contributed by atoms with Gasteiger partial charge in [0.2, 0.25) is 0 Å². The second-order valence-electron chi connectivity index (χ2n) is 9.10. The molecule has 0 radical (unpaired) electrons. The molecule has 1 aliphatic heterocycles. The van der Waals surface area contributed by atoms with E-state index in [4.69, 9.17) is 4.99 Å². The molecule has 1 fully saturated rings. The van der Waals surface area contributed by atoms with Crippen LogP contribution in [0.2, 0.25) is 0 Å². The molecular formula is C25H36N6O. The molecule has 32 heavy (non-hydrogen) atoms. The van der Waals surface area contributed by atoms with Crippen LogP contribution in [0, 0.1) is 11.8 Å². The maximum atomic E-state index is 9.25. The highest BCUT2D eigenvalue weighted by atomic mass is 16.3. The lowest BCUT2D eigenvalue weighted by molar-refractivity contribution is 0.0945. The minimum Gasteiger partial charge on any atom is -0.396 e. The summed E-state index contributed by atoms with van der Waals surface area (Å²) in [5.74, 6) is 1.08. The smallest absolute Gasteiger partial charge is 0.0974 e. The van der Waals surface area contributed by atoms with Gasteiger partial charge in [-0.15, -0.1) is 0 Å². The zero-order valence-electron chi connectivity index (χ0n) is 19.8. The summed E-state index contributed by atoms with van der Waals surface area (Å²) < 4.78 is 4.10. The van der Waals surface area contributed by atoms with Crippen LogP contribution in [-0.4, -0.2) is 48.9 Å². The van der Waals surface area contributed by atoms with Gasteiger partial charge < -0.3 is 10.0 Å². The van der Waals surface area contributed by atoms with Crippen molar-refractivity contribution in [1.82, 2.24) is 24.5 Å². The van der Waals surface area contributed by atoms with Crippen LogP contribution in [0.4, 0.5) is 0 Å². The molecule has 2 aromatic rings. The van der Waals surface area contributed by atoms with Gasteiger partial charge >= 0.3 is 0 Å². The van der Waals surface area contributed by atoms with Crippen LogP contribution in [0.5, 0.6) is 0 Å². The molecular weight excluding hydrogens is 400 g/mol. The third kappa shape index (κ3) is 4.58. The molecule has 0 unspecified atom stereocenters. The van der Waals surface area contributed by atoms with E-state index in [2.05, 4.69) is 72.3 Å². The Labute approximate surface area is 191 Å². The van der Waals surface area contributed by atoms with Crippen molar-refractivity contribution >= 4 is 11.4 Å². The van der Waals surface area contributed by atoms with Gasteiger partial charge in [0.1, 0.15) is 0 Å². The summed E-state index contributed by atoms with van der Waals surface area (Å²) in [6.07, 6.45) is 17.6. The predicted octanol–water partition coefficient (Wildman–Crippen LogP) is 4.49. The van der Waals surface area contributed by atoms with Gasteiger partial charge in [-0.1, -0.05) is 26.8 Å². The van der Waals surface area contributed by atoms with Crippen molar-refractivity contribution in [3.05, 3.63) is 53.9 Å². The highest BCUT2D eigenvalue weighted by Gasteiger charge is 2.29. The molecule has 7 heteroatoms. The Bertz CT molecular complexity index is 1000. The van der Waals surface area contributed by atoms with Crippen molar-refractivity contribution in [1.29, 1.82) is 0 Å². The van der Waals surface area contributed by atoms with Gasteiger partial charge in [-0.25, -0.2) is 4.99 Å². The van der Waals surface area contributed by atoms with E-state index >= 15 is 0 Å². The molecule has 0 spiro atoms. The predicted molar refractivity (Wildman–Crippen MR) is 128 cm³/mol. The van der Waals surface area contributed by atoms with Crippen molar-refractivity contribution < 1.29 is 5.11 Å². The molecule has 1 aliphatic carbocycles. The number of hydrogen-bond acceptors (Lipinski definition) is 5. The van der Waals surface area contributed by atoms with Crippen LogP contribution in [-0.2, 0) is 6.54 Å². The lowest BCUT2D eigenvalue weighted by atomic mass is 9.75. The minimum absolute atomic E-state index is 0.305. The Morgan fingerprint density at radius 1 is 1.06 bits per heavy atom. The number of likely N-dealkylation sites (N-methyl/N-ethyl adjacent to an activating group) is 1. The maximum Gasteiger partial charge on any atom is 0.0974 e. The molecule has 172 valence electrons. The topological polar surface area (TPSA) is 71.5 Å². The first-order valence-electron chi connectivity index (χ1n) is 12.0. The Hall–Kier alpha value is -2.67. The molecule has 7 nitrogen and oxygen atoms in total. The summed E-state index contributed by atoms with van der Waals surface area (Å²) in [7, 11) is 2.08. The zero-order chi connectivity index (χ0) is 22.7. The SMILES string of the molecule is CC/C=C1/C(c2cnn(C(CC)CC)c2)=NC(c2cnn(CC3CC(CO)C3)c2)=CN1C. The van der Waals surface area contributed by atoms with Crippen LogP contribution < -0.4 is 0 Å². The molecule has 2 aliphatic rings. The second kappa shape index (κ2) is 9.86. The van der Waals surface area contributed by atoms with E-state index in [0.717, 1.165) is 66.9 Å². The Kier molecular flexibility index (Phi) is 6.94. The van der Waals surface area contributed by atoms with Crippen LogP contribution in [0.3, 0.4) is 0 Å². The van der Waals surface area contributed by atoms with E-state index in [0.29, 0.717) is 24.5 Å². The maximum absolute atomic E-state index is 9.25. The van der Waals surface area contributed by atoms with Gasteiger partial charge in [0, 0.05) is 49.9 Å². The van der Waals surface area contributed by atoms with Crippen molar-refractivity contribution in [3.63, 3.8) is 0 Å². The number of aliphatic imine (C=N–C) groups is 1. The fourth-order valence-electron chi connectivity index (χ4n) is 4.77. The van der Waals surface area contributed by atoms with Gasteiger partial charge in [-0.3, -0.25) is 9.36 Å². The van der Waals surface area contributed by atoms with E-state index in [-0.39, 0.29) is 0 Å². The van der Waals surface area contributed by atoms with Gasteiger partial charge in [0.05, 0.1) is 35.5 Å². The first-order valence-corrected chi connectivity index (χ1v) is 12.0. The molecule has 0 bridgehead atoms. The molecule has 0 atom stereocenters. The molecule has 1 saturated carbocycles. The van der Waals surface area contributed by atoms with Crippen LogP contribution in [0.25, 0.3) is 5.70 Å².